The summed E-state index contributed by atoms with van der Waals surface area (Å²) in [6, 6.07) is 0.222. The zero-order chi connectivity index (χ0) is 8.48. The second kappa shape index (κ2) is 2.81. The third-order valence-electron chi connectivity index (χ3n) is 1.81. The molecular formula is C8H15NO2. The number of carbonyl (C=O) groups is 1. The number of amides is 1. The summed E-state index contributed by atoms with van der Waals surface area (Å²) in [6.45, 7) is 6.97. The third-order valence-corrected chi connectivity index (χ3v) is 1.81. The fraction of sp³-hybridized carbons (Fsp3) is 0.875. The highest BCUT2D eigenvalue weighted by Crippen LogP contribution is 2.26. The Labute approximate surface area is 67.1 Å². The molecule has 3 heteroatoms. The number of hydrogen-bond acceptors (Lipinski definition) is 2. The first-order valence-electron chi connectivity index (χ1n) is 3.93. The van der Waals surface area contributed by atoms with E-state index < -0.39 is 0 Å². The van der Waals surface area contributed by atoms with Gasteiger partial charge in [0, 0.05) is 6.04 Å². The van der Waals surface area contributed by atoms with Gasteiger partial charge in [-0.2, -0.15) is 0 Å². The molecule has 1 N–H and O–H groups in total. The monoisotopic (exact) mass is 157 g/mol. The van der Waals surface area contributed by atoms with Gasteiger partial charge in [0.1, 0.15) is 0 Å². The Morgan fingerprint density at radius 2 is 2.09 bits per heavy atom. The minimum atomic E-state index is -0.260. The van der Waals surface area contributed by atoms with Gasteiger partial charge < -0.3 is 10.1 Å². The predicted octanol–water partition coefficient (Wildman–Crippen LogP) is 0.547. The average Bonchev–Trinajstić information content (AvgIpc) is 1.81. The molecule has 1 heterocycles. The van der Waals surface area contributed by atoms with Crippen LogP contribution >= 0.6 is 0 Å². The van der Waals surface area contributed by atoms with Gasteiger partial charge in [0.25, 0.3) is 0 Å². The van der Waals surface area contributed by atoms with Gasteiger partial charge in [0.05, 0.1) is 18.6 Å². The lowest BCUT2D eigenvalue weighted by molar-refractivity contribution is -0.158. The summed E-state index contributed by atoms with van der Waals surface area (Å²) in [4.78, 5) is 11.4. The topological polar surface area (TPSA) is 38.3 Å². The maximum absolute atomic E-state index is 11.4. The summed E-state index contributed by atoms with van der Waals surface area (Å²) in [5.74, 6) is 0.110. The standard InChI is InChI=1S/C8H15NO2/c1-6(2)9-7(10)8(3)4-11-5-8/h6H,4-5H2,1-3H3,(H,9,10). The van der Waals surface area contributed by atoms with Gasteiger partial charge in [0.2, 0.25) is 5.91 Å². The van der Waals surface area contributed by atoms with Crippen LogP contribution in [0.4, 0.5) is 0 Å². The van der Waals surface area contributed by atoms with Gasteiger partial charge in [-0.3, -0.25) is 4.79 Å². The Bertz CT molecular complexity index is 161. The number of rotatable bonds is 2. The van der Waals surface area contributed by atoms with E-state index in [2.05, 4.69) is 5.32 Å². The van der Waals surface area contributed by atoms with Crippen LogP contribution in [0.25, 0.3) is 0 Å². The van der Waals surface area contributed by atoms with Gasteiger partial charge in [0.15, 0.2) is 0 Å². The van der Waals surface area contributed by atoms with Crippen LogP contribution in [0.5, 0.6) is 0 Å². The zero-order valence-electron chi connectivity index (χ0n) is 7.31. The highest BCUT2D eigenvalue weighted by atomic mass is 16.5. The van der Waals surface area contributed by atoms with Crippen LogP contribution in [0, 0.1) is 5.41 Å². The van der Waals surface area contributed by atoms with Crippen LogP contribution in [0.1, 0.15) is 20.8 Å². The molecule has 0 unspecified atom stereocenters. The van der Waals surface area contributed by atoms with Crippen molar-refractivity contribution in [2.24, 2.45) is 5.41 Å². The fourth-order valence-electron chi connectivity index (χ4n) is 0.976. The molecule has 1 aliphatic heterocycles. The summed E-state index contributed by atoms with van der Waals surface area (Å²) < 4.78 is 4.98. The summed E-state index contributed by atoms with van der Waals surface area (Å²) in [7, 11) is 0. The van der Waals surface area contributed by atoms with Crippen LogP contribution in [0.3, 0.4) is 0 Å². The normalized spacial score (nSPS) is 21.1. The first kappa shape index (κ1) is 8.53. The first-order valence-corrected chi connectivity index (χ1v) is 3.93. The van der Waals surface area contributed by atoms with Crippen LogP contribution in [0.15, 0.2) is 0 Å². The smallest absolute Gasteiger partial charge is 0.230 e. The van der Waals surface area contributed by atoms with E-state index in [0.29, 0.717) is 13.2 Å². The van der Waals surface area contributed by atoms with Crippen molar-refractivity contribution in [2.45, 2.75) is 26.8 Å². The number of nitrogens with one attached hydrogen (secondary N) is 1. The molecule has 1 saturated heterocycles. The van der Waals surface area contributed by atoms with Crippen molar-refractivity contribution in [1.29, 1.82) is 0 Å². The molecule has 3 nitrogen and oxygen atoms in total. The Hall–Kier alpha value is -0.570. The van der Waals surface area contributed by atoms with E-state index >= 15 is 0 Å². The molecule has 0 aromatic heterocycles. The van der Waals surface area contributed by atoms with Crippen molar-refractivity contribution < 1.29 is 9.53 Å². The Morgan fingerprint density at radius 3 is 2.36 bits per heavy atom. The second-order valence-corrected chi connectivity index (χ2v) is 3.68. The van der Waals surface area contributed by atoms with Gasteiger partial charge in [-0.15, -0.1) is 0 Å². The van der Waals surface area contributed by atoms with E-state index in [9.17, 15) is 4.79 Å². The first-order chi connectivity index (χ1) is 5.04. The largest absolute Gasteiger partial charge is 0.379 e. The molecule has 0 spiro atoms. The van der Waals surface area contributed by atoms with Crippen LogP contribution in [-0.2, 0) is 9.53 Å². The fourth-order valence-corrected chi connectivity index (χ4v) is 0.976. The lowest BCUT2D eigenvalue weighted by Gasteiger charge is -2.36. The van der Waals surface area contributed by atoms with Crippen molar-refractivity contribution in [2.75, 3.05) is 13.2 Å². The molecule has 1 fully saturated rings. The molecule has 11 heavy (non-hydrogen) atoms. The van der Waals surface area contributed by atoms with E-state index in [-0.39, 0.29) is 17.4 Å². The zero-order valence-corrected chi connectivity index (χ0v) is 7.31. The van der Waals surface area contributed by atoms with Crippen LogP contribution < -0.4 is 5.32 Å². The molecule has 0 aromatic carbocycles. The van der Waals surface area contributed by atoms with E-state index in [1.165, 1.54) is 0 Å². The lowest BCUT2D eigenvalue weighted by atomic mass is 9.87. The highest BCUT2D eigenvalue weighted by Gasteiger charge is 2.40. The van der Waals surface area contributed by atoms with Crippen LogP contribution in [-0.4, -0.2) is 25.2 Å². The summed E-state index contributed by atoms with van der Waals surface area (Å²) in [5, 5.41) is 2.87. The van der Waals surface area contributed by atoms with Crippen molar-refractivity contribution >= 4 is 5.91 Å². The van der Waals surface area contributed by atoms with Crippen LogP contribution in [0.2, 0.25) is 0 Å². The predicted molar refractivity (Wildman–Crippen MR) is 42.2 cm³/mol. The molecule has 0 saturated carbocycles. The molecule has 0 atom stereocenters. The summed E-state index contributed by atoms with van der Waals surface area (Å²) in [5.41, 5.74) is -0.260. The van der Waals surface area contributed by atoms with Gasteiger partial charge in [-0.25, -0.2) is 0 Å². The van der Waals surface area contributed by atoms with E-state index in [1.54, 1.807) is 0 Å². The van der Waals surface area contributed by atoms with Gasteiger partial charge in [-0.1, -0.05) is 0 Å². The lowest BCUT2D eigenvalue weighted by Crippen LogP contribution is -2.53. The molecule has 0 aliphatic carbocycles. The molecule has 1 amide bonds. The average molecular weight is 157 g/mol. The Balaban J connectivity index is 2.40. The Kier molecular flexibility index (Phi) is 2.18. The van der Waals surface area contributed by atoms with Crippen molar-refractivity contribution in [3.63, 3.8) is 0 Å². The highest BCUT2D eigenvalue weighted by molar-refractivity contribution is 5.83. The van der Waals surface area contributed by atoms with Gasteiger partial charge >= 0.3 is 0 Å². The van der Waals surface area contributed by atoms with Gasteiger partial charge in [-0.05, 0) is 20.8 Å². The van der Waals surface area contributed by atoms with Crippen molar-refractivity contribution in [3.05, 3.63) is 0 Å². The number of hydrogen-bond donors (Lipinski definition) is 1. The minimum absolute atomic E-state index is 0.110. The molecule has 0 aromatic rings. The van der Waals surface area contributed by atoms with E-state index in [1.807, 2.05) is 20.8 Å². The molecular weight excluding hydrogens is 142 g/mol. The summed E-state index contributed by atoms with van der Waals surface area (Å²) >= 11 is 0. The maximum atomic E-state index is 11.4. The molecule has 1 aliphatic rings. The number of carbonyl (C=O) groups excluding carboxylic acids is 1. The van der Waals surface area contributed by atoms with Crippen molar-refractivity contribution in [1.82, 2.24) is 5.32 Å². The molecule has 1 rings (SSSR count). The van der Waals surface area contributed by atoms with E-state index in [4.69, 9.17) is 4.74 Å². The minimum Gasteiger partial charge on any atom is -0.379 e. The van der Waals surface area contributed by atoms with Crippen molar-refractivity contribution in [3.8, 4) is 0 Å². The van der Waals surface area contributed by atoms with E-state index in [0.717, 1.165) is 0 Å². The number of ether oxygens (including phenoxy) is 1. The quantitative estimate of drug-likeness (QED) is 0.635. The second-order valence-electron chi connectivity index (χ2n) is 3.68. The Morgan fingerprint density at radius 1 is 1.55 bits per heavy atom. The molecule has 64 valence electrons. The third kappa shape index (κ3) is 1.71. The molecule has 0 bridgehead atoms. The molecule has 0 radical (unpaired) electrons. The summed E-state index contributed by atoms with van der Waals surface area (Å²) in [6.07, 6.45) is 0. The SMILES string of the molecule is CC(C)NC(=O)C1(C)COC1. The maximum Gasteiger partial charge on any atom is 0.230 e.